The summed E-state index contributed by atoms with van der Waals surface area (Å²) in [4.78, 5) is 4.53. The first kappa shape index (κ1) is 16.2. The Balaban J connectivity index is 1.56. The van der Waals surface area contributed by atoms with E-state index in [-0.39, 0.29) is 12.4 Å². The molecule has 1 heterocycles. The van der Waals surface area contributed by atoms with Crippen molar-refractivity contribution in [2.75, 3.05) is 18.5 Å². The van der Waals surface area contributed by atoms with Crippen LogP contribution in [0.2, 0.25) is 0 Å². The van der Waals surface area contributed by atoms with Crippen LogP contribution in [0.3, 0.4) is 0 Å². The van der Waals surface area contributed by atoms with Gasteiger partial charge >= 0.3 is 0 Å². The predicted octanol–water partition coefficient (Wildman–Crippen LogP) is 3.53. The molecular weight excluding hydrogens is 307 g/mol. The summed E-state index contributed by atoms with van der Waals surface area (Å²) in [5.74, 6) is 0.921. The summed E-state index contributed by atoms with van der Waals surface area (Å²) in [6, 6.07) is 15.6. The van der Waals surface area contributed by atoms with E-state index in [1.54, 1.807) is 0 Å². The van der Waals surface area contributed by atoms with E-state index in [0.29, 0.717) is 18.1 Å². The lowest BCUT2D eigenvalue weighted by atomic mass is 10.1. The van der Waals surface area contributed by atoms with Gasteiger partial charge in [-0.15, -0.1) is 0 Å². The van der Waals surface area contributed by atoms with Crippen molar-refractivity contribution in [3.05, 3.63) is 66.0 Å². The van der Waals surface area contributed by atoms with Gasteiger partial charge in [0.2, 0.25) is 0 Å². The lowest BCUT2D eigenvalue weighted by molar-refractivity contribution is 0.117. The second-order valence-electron chi connectivity index (χ2n) is 5.64. The quantitative estimate of drug-likeness (QED) is 0.727. The Kier molecular flexibility index (Phi) is 4.91. The average Bonchev–Trinajstić information content (AvgIpc) is 2.59. The van der Waals surface area contributed by atoms with Crippen LogP contribution in [0.4, 0.5) is 10.2 Å². The number of aryl methyl sites for hydroxylation is 1. The minimum Gasteiger partial charge on any atom is -0.491 e. The van der Waals surface area contributed by atoms with Crippen molar-refractivity contribution < 1.29 is 14.2 Å². The normalized spacial score (nSPS) is 12.1. The van der Waals surface area contributed by atoms with Crippen LogP contribution in [0.25, 0.3) is 10.9 Å². The Morgan fingerprint density at radius 1 is 1.17 bits per heavy atom. The molecule has 0 saturated carbocycles. The van der Waals surface area contributed by atoms with E-state index in [2.05, 4.69) is 10.3 Å². The van der Waals surface area contributed by atoms with Crippen LogP contribution in [0, 0.1) is 12.7 Å². The number of pyridine rings is 1. The molecule has 0 spiro atoms. The van der Waals surface area contributed by atoms with Gasteiger partial charge in [0, 0.05) is 11.9 Å². The largest absolute Gasteiger partial charge is 0.491 e. The predicted molar refractivity (Wildman–Crippen MR) is 92.9 cm³/mol. The first-order valence-corrected chi connectivity index (χ1v) is 7.78. The first-order chi connectivity index (χ1) is 11.6. The number of nitrogens with zero attached hydrogens (tertiary/aromatic N) is 1. The number of halogens is 1. The van der Waals surface area contributed by atoms with E-state index >= 15 is 0 Å². The summed E-state index contributed by atoms with van der Waals surface area (Å²) in [5.41, 5.74) is 2.04. The minimum atomic E-state index is -0.705. The number of aromatic nitrogens is 1. The van der Waals surface area contributed by atoms with Gasteiger partial charge in [-0.2, -0.15) is 0 Å². The standard InChI is InChI=1S/C19H19FN2O2/c1-13-10-19(22-18-5-3-2-4-17(13)18)21-11-15(23)12-24-16-8-6-14(20)7-9-16/h2-10,15,23H,11-12H2,1H3,(H,21,22)/t15-/m0/s1. The fourth-order valence-electron chi connectivity index (χ4n) is 2.44. The van der Waals surface area contributed by atoms with Crippen LogP contribution < -0.4 is 10.1 Å². The zero-order valence-electron chi connectivity index (χ0n) is 13.4. The first-order valence-electron chi connectivity index (χ1n) is 7.78. The molecule has 124 valence electrons. The molecular formula is C19H19FN2O2. The highest BCUT2D eigenvalue weighted by atomic mass is 19.1. The Hall–Kier alpha value is -2.66. The van der Waals surface area contributed by atoms with E-state index in [1.807, 2.05) is 37.3 Å². The number of benzene rings is 2. The van der Waals surface area contributed by atoms with Crippen LogP contribution in [-0.2, 0) is 0 Å². The highest BCUT2D eigenvalue weighted by Gasteiger charge is 2.07. The molecule has 5 heteroatoms. The van der Waals surface area contributed by atoms with Crippen molar-refractivity contribution in [1.29, 1.82) is 0 Å². The van der Waals surface area contributed by atoms with E-state index in [9.17, 15) is 9.50 Å². The van der Waals surface area contributed by atoms with Crippen LogP contribution in [0.15, 0.2) is 54.6 Å². The molecule has 0 aliphatic heterocycles. The second kappa shape index (κ2) is 7.27. The Labute approximate surface area is 139 Å². The third-order valence-electron chi connectivity index (χ3n) is 3.70. The van der Waals surface area contributed by atoms with Gasteiger partial charge < -0.3 is 15.2 Å². The summed E-state index contributed by atoms with van der Waals surface area (Å²) in [5, 5.41) is 14.3. The number of ether oxygens (including phenoxy) is 1. The molecule has 0 amide bonds. The van der Waals surface area contributed by atoms with Gasteiger partial charge in [0.15, 0.2) is 0 Å². The molecule has 3 aromatic rings. The van der Waals surface area contributed by atoms with E-state index in [4.69, 9.17) is 4.74 Å². The molecule has 24 heavy (non-hydrogen) atoms. The van der Waals surface area contributed by atoms with Gasteiger partial charge in [-0.3, -0.25) is 0 Å². The topological polar surface area (TPSA) is 54.4 Å². The van der Waals surface area contributed by atoms with E-state index in [1.165, 1.54) is 24.3 Å². The Morgan fingerprint density at radius 3 is 2.71 bits per heavy atom. The zero-order chi connectivity index (χ0) is 16.9. The van der Waals surface area contributed by atoms with Gasteiger partial charge in [0.1, 0.15) is 30.1 Å². The number of anilines is 1. The molecule has 1 aromatic heterocycles. The maximum atomic E-state index is 12.8. The van der Waals surface area contributed by atoms with Crippen molar-refractivity contribution in [3.8, 4) is 5.75 Å². The molecule has 2 aromatic carbocycles. The highest BCUT2D eigenvalue weighted by Crippen LogP contribution is 2.19. The number of aliphatic hydroxyl groups is 1. The van der Waals surface area contributed by atoms with Gasteiger partial charge in [-0.05, 0) is 48.9 Å². The molecule has 0 bridgehead atoms. The third kappa shape index (κ3) is 4.00. The average molecular weight is 326 g/mol. The number of para-hydroxylation sites is 1. The van der Waals surface area contributed by atoms with Crippen molar-refractivity contribution in [1.82, 2.24) is 4.98 Å². The number of rotatable bonds is 6. The third-order valence-corrected chi connectivity index (χ3v) is 3.70. The number of fused-ring (bicyclic) bond motifs is 1. The van der Waals surface area contributed by atoms with Crippen LogP contribution in [-0.4, -0.2) is 29.3 Å². The summed E-state index contributed by atoms with van der Waals surface area (Å²) >= 11 is 0. The lowest BCUT2D eigenvalue weighted by Crippen LogP contribution is -2.26. The van der Waals surface area contributed by atoms with Gasteiger partial charge in [0.25, 0.3) is 0 Å². The Morgan fingerprint density at radius 2 is 1.92 bits per heavy atom. The molecule has 4 nitrogen and oxygen atoms in total. The summed E-state index contributed by atoms with van der Waals surface area (Å²) < 4.78 is 18.2. The number of hydrogen-bond acceptors (Lipinski definition) is 4. The van der Waals surface area contributed by atoms with Crippen molar-refractivity contribution in [3.63, 3.8) is 0 Å². The minimum absolute atomic E-state index is 0.116. The molecule has 0 aliphatic rings. The second-order valence-corrected chi connectivity index (χ2v) is 5.64. The fraction of sp³-hybridized carbons (Fsp3) is 0.211. The summed E-state index contributed by atoms with van der Waals surface area (Å²) in [6.07, 6.45) is -0.705. The molecule has 0 aliphatic carbocycles. The maximum absolute atomic E-state index is 12.8. The van der Waals surface area contributed by atoms with Crippen molar-refractivity contribution >= 4 is 16.7 Å². The van der Waals surface area contributed by atoms with Gasteiger partial charge in [0.05, 0.1) is 5.52 Å². The Bertz CT molecular complexity index is 821. The monoisotopic (exact) mass is 326 g/mol. The number of aliphatic hydroxyl groups excluding tert-OH is 1. The molecule has 0 fully saturated rings. The smallest absolute Gasteiger partial charge is 0.127 e. The van der Waals surface area contributed by atoms with Crippen LogP contribution >= 0.6 is 0 Å². The summed E-state index contributed by atoms with van der Waals surface area (Å²) in [7, 11) is 0. The van der Waals surface area contributed by atoms with Crippen molar-refractivity contribution in [2.45, 2.75) is 13.0 Å². The molecule has 1 atom stereocenters. The van der Waals surface area contributed by atoms with Crippen LogP contribution in [0.1, 0.15) is 5.56 Å². The fourth-order valence-corrected chi connectivity index (χ4v) is 2.44. The molecule has 2 N–H and O–H groups in total. The van der Waals surface area contributed by atoms with Gasteiger partial charge in [-0.1, -0.05) is 18.2 Å². The maximum Gasteiger partial charge on any atom is 0.127 e. The van der Waals surface area contributed by atoms with E-state index < -0.39 is 6.10 Å². The summed E-state index contributed by atoms with van der Waals surface area (Å²) in [6.45, 7) is 2.46. The molecule has 0 radical (unpaired) electrons. The molecule has 0 unspecified atom stereocenters. The SMILES string of the molecule is Cc1cc(NC[C@H](O)COc2ccc(F)cc2)nc2ccccc12. The van der Waals surface area contributed by atoms with Gasteiger partial charge in [-0.25, -0.2) is 9.37 Å². The number of nitrogens with one attached hydrogen (secondary N) is 1. The zero-order valence-corrected chi connectivity index (χ0v) is 13.4. The van der Waals surface area contributed by atoms with E-state index in [0.717, 1.165) is 16.5 Å². The number of hydrogen-bond donors (Lipinski definition) is 2. The highest BCUT2D eigenvalue weighted by molar-refractivity contribution is 5.83. The van der Waals surface area contributed by atoms with Crippen molar-refractivity contribution in [2.24, 2.45) is 0 Å². The lowest BCUT2D eigenvalue weighted by Gasteiger charge is -2.14. The molecule has 0 saturated heterocycles. The molecule has 3 rings (SSSR count). The van der Waals surface area contributed by atoms with Crippen LogP contribution in [0.5, 0.6) is 5.75 Å².